The Morgan fingerprint density at radius 2 is 1.38 bits per heavy atom. The number of benzene rings is 1. The molecule has 0 aliphatic rings. The van der Waals surface area contributed by atoms with Crippen molar-refractivity contribution in [2.24, 2.45) is 0 Å². The van der Waals surface area contributed by atoms with Crippen LogP contribution >= 0.6 is 0 Å². The fourth-order valence-corrected chi connectivity index (χ4v) is 2.54. The minimum Gasteiger partial charge on any atom is -1.00 e. The maximum Gasteiger partial charge on any atom is 0.210 e. The average Bonchev–Trinajstić information content (AvgIpc) is 3.18. The molecule has 0 unspecified atom stereocenters. The molecule has 4 nitrogen and oxygen atoms in total. The van der Waals surface area contributed by atoms with Gasteiger partial charge < -0.3 is 17.0 Å². The summed E-state index contributed by atoms with van der Waals surface area (Å²) >= 11 is 0. The Morgan fingerprint density at radius 1 is 0.708 bits per heavy atom. The van der Waals surface area contributed by atoms with Gasteiger partial charge in [-0.2, -0.15) is 4.57 Å². The molecule has 4 aromatic rings. The van der Waals surface area contributed by atoms with Crippen molar-refractivity contribution in [3.8, 4) is 22.5 Å². The van der Waals surface area contributed by atoms with Crippen LogP contribution in [0.4, 0.5) is 0 Å². The third-order valence-electron chi connectivity index (χ3n) is 3.79. The van der Waals surface area contributed by atoms with Gasteiger partial charge in [-0.15, -0.1) is 0 Å². The van der Waals surface area contributed by atoms with Crippen molar-refractivity contribution in [3.63, 3.8) is 0 Å². The molecule has 5 heteroatoms. The monoisotopic (exact) mass is 334 g/mol. The van der Waals surface area contributed by atoms with Crippen LogP contribution in [-0.4, -0.2) is 14.5 Å². The second-order valence-corrected chi connectivity index (χ2v) is 5.22. The molecule has 0 saturated carbocycles. The van der Waals surface area contributed by atoms with Crippen LogP contribution in [0.5, 0.6) is 0 Å². The van der Waals surface area contributed by atoms with Crippen molar-refractivity contribution in [2.75, 3.05) is 0 Å². The third-order valence-corrected chi connectivity index (χ3v) is 3.79. The van der Waals surface area contributed by atoms with E-state index in [4.69, 9.17) is 0 Å². The highest BCUT2D eigenvalue weighted by Crippen LogP contribution is 2.16. The van der Waals surface area contributed by atoms with Crippen LogP contribution in [0.3, 0.4) is 0 Å². The Kier molecular flexibility index (Phi) is 4.68. The molecule has 0 spiro atoms. The first kappa shape index (κ1) is 15.9. The molecule has 3 heterocycles. The van der Waals surface area contributed by atoms with Crippen LogP contribution in [0.15, 0.2) is 92.0 Å². The fourth-order valence-electron chi connectivity index (χ4n) is 2.54. The van der Waals surface area contributed by atoms with Gasteiger partial charge in [-0.3, -0.25) is 4.98 Å². The maximum absolute atomic E-state index is 4.07. The molecule has 0 bridgehead atoms. The number of pyridine rings is 2. The number of halogens is 1. The minimum absolute atomic E-state index is 0. The van der Waals surface area contributed by atoms with Gasteiger partial charge in [0.25, 0.3) is 0 Å². The molecule has 0 aliphatic heterocycles. The van der Waals surface area contributed by atoms with E-state index in [1.807, 2.05) is 35.3 Å². The maximum atomic E-state index is 4.07. The summed E-state index contributed by atoms with van der Waals surface area (Å²) in [5.41, 5.74) is 4.57. The first-order valence-electron chi connectivity index (χ1n) is 7.41. The standard InChI is InChI=1S/C19H15N4.ClH/c1-3-19(23-14-11-21-15-23)4-2-18(1)22-12-7-17(8-13-22)16-5-9-20-10-6-16;/h1-15H;1H/q+1;/p-1. The minimum atomic E-state index is 0. The van der Waals surface area contributed by atoms with Gasteiger partial charge in [0.15, 0.2) is 12.4 Å². The van der Waals surface area contributed by atoms with Gasteiger partial charge in [0.05, 0.1) is 6.33 Å². The smallest absolute Gasteiger partial charge is 0.210 e. The number of hydrogen-bond donors (Lipinski definition) is 0. The molecule has 0 fully saturated rings. The van der Waals surface area contributed by atoms with Crippen molar-refractivity contribution in [2.45, 2.75) is 0 Å². The van der Waals surface area contributed by atoms with Gasteiger partial charge >= 0.3 is 0 Å². The van der Waals surface area contributed by atoms with Crippen molar-refractivity contribution in [1.29, 1.82) is 0 Å². The molecule has 24 heavy (non-hydrogen) atoms. The molecule has 0 saturated heterocycles. The molecule has 3 aromatic heterocycles. The third kappa shape index (κ3) is 3.19. The molecule has 0 amide bonds. The zero-order chi connectivity index (χ0) is 15.5. The quantitative estimate of drug-likeness (QED) is 0.502. The number of hydrogen-bond acceptors (Lipinski definition) is 2. The van der Waals surface area contributed by atoms with Crippen molar-refractivity contribution < 1.29 is 17.0 Å². The normalized spacial score (nSPS) is 10.2. The van der Waals surface area contributed by atoms with E-state index < -0.39 is 0 Å². The summed E-state index contributed by atoms with van der Waals surface area (Å²) in [6.07, 6.45) is 13.3. The van der Waals surface area contributed by atoms with E-state index in [1.165, 1.54) is 11.1 Å². The summed E-state index contributed by atoms with van der Waals surface area (Å²) in [6, 6.07) is 16.6. The van der Waals surface area contributed by atoms with Gasteiger partial charge in [-0.1, -0.05) is 0 Å². The van der Waals surface area contributed by atoms with Gasteiger partial charge in [0, 0.05) is 54.7 Å². The molecule has 0 radical (unpaired) electrons. The first-order valence-corrected chi connectivity index (χ1v) is 7.41. The van der Waals surface area contributed by atoms with Gasteiger partial charge in [-0.25, -0.2) is 4.98 Å². The number of imidazole rings is 1. The Bertz CT molecular complexity index is 887. The number of aromatic nitrogens is 4. The number of nitrogens with zero attached hydrogens (tertiary/aromatic N) is 4. The zero-order valence-electron chi connectivity index (χ0n) is 12.8. The number of rotatable bonds is 3. The van der Waals surface area contributed by atoms with Crippen LogP contribution in [0.1, 0.15) is 0 Å². The van der Waals surface area contributed by atoms with Gasteiger partial charge in [-0.05, 0) is 35.4 Å². The molecular formula is C19H15ClN4. The fraction of sp³-hybridized carbons (Fsp3) is 0. The largest absolute Gasteiger partial charge is 1.00 e. The lowest BCUT2D eigenvalue weighted by Crippen LogP contribution is -3.00. The van der Waals surface area contributed by atoms with E-state index in [-0.39, 0.29) is 12.4 Å². The van der Waals surface area contributed by atoms with Crippen LogP contribution in [0, 0.1) is 0 Å². The molecule has 118 valence electrons. The van der Waals surface area contributed by atoms with Crippen LogP contribution < -0.4 is 17.0 Å². The summed E-state index contributed by atoms with van der Waals surface area (Å²) in [4.78, 5) is 8.12. The lowest BCUT2D eigenvalue weighted by molar-refractivity contribution is -0.595. The van der Waals surface area contributed by atoms with Crippen LogP contribution in [0.25, 0.3) is 22.5 Å². The van der Waals surface area contributed by atoms with E-state index in [9.17, 15) is 0 Å². The van der Waals surface area contributed by atoms with Crippen molar-refractivity contribution in [1.82, 2.24) is 14.5 Å². The Labute approximate surface area is 146 Å². The molecule has 0 N–H and O–H groups in total. The molecular weight excluding hydrogens is 320 g/mol. The second kappa shape index (κ2) is 7.06. The van der Waals surface area contributed by atoms with Gasteiger partial charge in [0.1, 0.15) is 0 Å². The topological polar surface area (TPSA) is 34.6 Å². The summed E-state index contributed by atoms with van der Waals surface area (Å²) in [5, 5.41) is 0. The van der Waals surface area contributed by atoms with E-state index in [2.05, 4.69) is 63.3 Å². The van der Waals surface area contributed by atoms with Crippen LogP contribution in [-0.2, 0) is 0 Å². The molecule has 0 aliphatic carbocycles. The highest BCUT2D eigenvalue weighted by Gasteiger charge is 2.07. The summed E-state index contributed by atoms with van der Waals surface area (Å²) in [5.74, 6) is 0. The highest BCUT2D eigenvalue weighted by molar-refractivity contribution is 5.61. The molecule has 4 rings (SSSR count). The predicted octanol–water partition coefficient (Wildman–Crippen LogP) is 0.215. The predicted molar refractivity (Wildman–Crippen MR) is 88.3 cm³/mol. The summed E-state index contributed by atoms with van der Waals surface area (Å²) in [6.45, 7) is 0. The highest BCUT2D eigenvalue weighted by atomic mass is 35.5. The second-order valence-electron chi connectivity index (χ2n) is 5.22. The molecule has 1 aromatic carbocycles. The zero-order valence-corrected chi connectivity index (χ0v) is 13.6. The first-order chi connectivity index (χ1) is 11.4. The van der Waals surface area contributed by atoms with E-state index in [0.717, 1.165) is 11.4 Å². The Balaban J connectivity index is 0.00000169. The molecule has 0 atom stereocenters. The summed E-state index contributed by atoms with van der Waals surface area (Å²) < 4.78 is 4.09. The van der Waals surface area contributed by atoms with E-state index in [1.54, 1.807) is 12.5 Å². The van der Waals surface area contributed by atoms with E-state index >= 15 is 0 Å². The average molecular weight is 335 g/mol. The van der Waals surface area contributed by atoms with Gasteiger partial charge in [0.2, 0.25) is 5.69 Å². The van der Waals surface area contributed by atoms with E-state index in [0.29, 0.717) is 0 Å². The van der Waals surface area contributed by atoms with Crippen LogP contribution in [0.2, 0.25) is 0 Å². The lowest BCUT2D eigenvalue weighted by atomic mass is 10.1. The Morgan fingerprint density at radius 3 is 2.00 bits per heavy atom. The van der Waals surface area contributed by atoms with Crippen molar-refractivity contribution >= 4 is 0 Å². The summed E-state index contributed by atoms with van der Waals surface area (Å²) in [7, 11) is 0. The SMILES string of the molecule is [Cl-].c1cc(-c2cc[n+](-c3ccc(-n4ccnc4)cc3)cc2)ccn1. The lowest BCUT2D eigenvalue weighted by Gasteiger charge is -2.03. The Hall–Kier alpha value is -2.98. The van der Waals surface area contributed by atoms with Crippen molar-refractivity contribution in [3.05, 3.63) is 92.0 Å².